The molecule has 0 aliphatic rings. The highest BCUT2D eigenvalue weighted by Gasteiger charge is 2.27. The standard InChI is InChI=1S/C12H12N2O8S4/c1-24(17,18)26(21,22)10-4-2-9(3-5-10)25(19,20)14-12-13-8(7-23-12)6-11(15)16/h2-5,7H,6H2,1H3,(H,13,14)(H,15,16). The van der Waals surface area contributed by atoms with Gasteiger partial charge in [0.1, 0.15) is 0 Å². The van der Waals surface area contributed by atoms with Crippen molar-refractivity contribution < 1.29 is 35.2 Å². The second-order valence-electron chi connectivity index (χ2n) is 4.95. The predicted molar refractivity (Wildman–Crippen MR) is 92.7 cm³/mol. The predicted octanol–water partition coefficient (Wildman–Crippen LogP) is 0.304. The highest BCUT2D eigenvalue weighted by Crippen LogP contribution is 2.23. The molecule has 0 aliphatic heterocycles. The van der Waals surface area contributed by atoms with Gasteiger partial charge in [-0.2, -0.15) is 0 Å². The van der Waals surface area contributed by atoms with Crippen molar-refractivity contribution in [3.63, 3.8) is 0 Å². The van der Waals surface area contributed by atoms with E-state index in [4.69, 9.17) is 5.11 Å². The minimum absolute atomic E-state index is 0.0610. The van der Waals surface area contributed by atoms with Crippen LogP contribution in [0.2, 0.25) is 0 Å². The first kappa shape index (κ1) is 20.3. The van der Waals surface area contributed by atoms with Gasteiger partial charge in [-0.3, -0.25) is 9.52 Å². The summed E-state index contributed by atoms with van der Waals surface area (Å²) in [6.45, 7) is 0. The number of rotatable bonds is 7. The molecule has 142 valence electrons. The Kier molecular flexibility index (Phi) is 5.41. The van der Waals surface area contributed by atoms with Crippen molar-refractivity contribution in [2.75, 3.05) is 11.0 Å². The summed E-state index contributed by atoms with van der Waals surface area (Å²) >= 11 is 0.884. The Morgan fingerprint density at radius 3 is 2.12 bits per heavy atom. The van der Waals surface area contributed by atoms with E-state index >= 15 is 0 Å². The molecule has 0 unspecified atom stereocenters. The zero-order valence-electron chi connectivity index (χ0n) is 13.0. The Morgan fingerprint density at radius 2 is 1.62 bits per heavy atom. The molecule has 0 amide bonds. The first-order valence-electron chi connectivity index (χ1n) is 6.57. The lowest BCUT2D eigenvalue weighted by molar-refractivity contribution is -0.136. The number of sulfonamides is 1. The van der Waals surface area contributed by atoms with E-state index in [0.717, 1.165) is 35.6 Å². The van der Waals surface area contributed by atoms with Crippen LogP contribution in [-0.4, -0.2) is 47.6 Å². The minimum Gasteiger partial charge on any atom is -0.481 e. The van der Waals surface area contributed by atoms with Crippen LogP contribution in [0.4, 0.5) is 5.13 Å². The van der Waals surface area contributed by atoms with Crippen LogP contribution in [-0.2, 0) is 39.0 Å². The molecule has 26 heavy (non-hydrogen) atoms. The van der Waals surface area contributed by atoms with Crippen LogP contribution in [0, 0.1) is 0 Å². The molecule has 0 bridgehead atoms. The van der Waals surface area contributed by atoms with Crippen molar-refractivity contribution in [3.05, 3.63) is 35.3 Å². The van der Waals surface area contributed by atoms with Crippen LogP contribution < -0.4 is 4.72 Å². The fourth-order valence-corrected chi connectivity index (χ4v) is 5.89. The van der Waals surface area contributed by atoms with Gasteiger partial charge in [0.05, 0.1) is 28.2 Å². The number of carboxylic acids is 1. The molecule has 0 fully saturated rings. The largest absolute Gasteiger partial charge is 0.481 e. The molecule has 0 aliphatic carbocycles. The number of hydrogen-bond donors (Lipinski definition) is 2. The number of aliphatic carboxylic acids is 1. The molecule has 2 aromatic rings. The number of aromatic nitrogens is 1. The Bertz CT molecular complexity index is 1150. The van der Waals surface area contributed by atoms with Crippen LogP contribution >= 0.6 is 11.3 Å². The van der Waals surface area contributed by atoms with Gasteiger partial charge in [0.25, 0.3) is 27.8 Å². The number of nitrogens with one attached hydrogen (secondary N) is 1. The maximum atomic E-state index is 12.3. The molecule has 1 heterocycles. The molecular formula is C12H12N2O8S4. The molecule has 2 N–H and O–H groups in total. The monoisotopic (exact) mass is 440 g/mol. The van der Waals surface area contributed by atoms with Gasteiger partial charge in [0.15, 0.2) is 5.13 Å². The van der Waals surface area contributed by atoms with E-state index in [1.807, 2.05) is 0 Å². The van der Waals surface area contributed by atoms with Gasteiger partial charge in [0, 0.05) is 5.38 Å². The van der Waals surface area contributed by atoms with Crippen molar-refractivity contribution in [3.8, 4) is 0 Å². The molecule has 0 radical (unpaired) electrons. The number of anilines is 1. The number of carboxylic acid groups (broad SMARTS) is 1. The summed E-state index contributed by atoms with van der Waals surface area (Å²) in [5.74, 6) is -1.12. The molecule has 2 rings (SSSR count). The van der Waals surface area contributed by atoms with Crippen molar-refractivity contribution in [1.82, 2.24) is 4.98 Å². The van der Waals surface area contributed by atoms with Crippen molar-refractivity contribution in [2.45, 2.75) is 16.2 Å². The van der Waals surface area contributed by atoms with Gasteiger partial charge in [-0.15, -0.1) is 11.3 Å². The van der Waals surface area contributed by atoms with Crippen LogP contribution in [0.5, 0.6) is 0 Å². The van der Waals surface area contributed by atoms with E-state index in [2.05, 4.69) is 9.71 Å². The lowest BCUT2D eigenvalue weighted by Gasteiger charge is -2.06. The number of benzene rings is 1. The average Bonchev–Trinajstić information content (AvgIpc) is 2.91. The van der Waals surface area contributed by atoms with E-state index in [0.29, 0.717) is 6.26 Å². The van der Waals surface area contributed by atoms with E-state index in [9.17, 15) is 30.0 Å². The molecular weight excluding hydrogens is 428 g/mol. The van der Waals surface area contributed by atoms with Crippen LogP contribution in [0.3, 0.4) is 0 Å². The Labute approximate surface area is 152 Å². The normalized spacial score (nSPS) is 12.7. The third kappa shape index (κ3) is 4.38. The summed E-state index contributed by atoms with van der Waals surface area (Å²) in [6.07, 6.45) is 0.169. The maximum absolute atomic E-state index is 12.3. The van der Waals surface area contributed by atoms with E-state index < -0.39 is 38.6 Å². The van der Waals surface area contributed by atoms with Gasteiger partial charge in [0.2, 0.25) is 0 Å². The summed E-state index contributed by atoms with van der Waals surface area (Å²) in [7, 11) is -13.1. The number of carbonyl (C=O) groups is 1. The third-order valence-electron chi connectivity index (χ3n) is 2.93. The quantitative estimate of drug-likeness (QED) is 0.576. The third-order valence-corrected chi connectivity index (χ3v) is 9.83. The average molecular weight is 441 g/mol. The van der Waals surface area contributed by atoms with Crippen molar-refractivity contribution in [1.29, 1.82) is 0 Å². The van der Waals surface area contributed by atoms with E-state index in [-0.39, 0.29) is 22.1 Å². The van der Waals surface area contributed by atoms with Gasteiger partial charge < -0.3 is 5.11 Å². The number of thiazole rings is 1. The van der Waals surface area contributed by atoms with E-state index in [1.54, 1.807) is 0 Å². The summed E-state index contributed by atoms with van der Waals surface area (Å²) in [5, 5.41) is 9.99. The second kappa shape index (κ2) is 6.94. The van der Waals surface area contributed by atoms with Crippen molar-refractivity contribution >= 4 is 50.2 Å². The summed E-state index contributed by atoms with van der Waals surface area (Å²) in [6, 6.07) is 3.60. The summed E-state index contributed by atoms with van der Waals surface area (Å²) in [4.78, 5) is 13.5. The van der Waals surface area contributed by atoms with Crippen molar-refractivity contribution in [2.24, 2.45) is 0 Å². The molecule has 0 spiro atoms. The fourth-order valence-electron chi connectivity index (χ4n) is 1.72. The van der Waals surface area contributed by atoms with Crippen LogP contribution in [0.1, 0.15) is 5.69 Å². The van der Waals surface area contributed by atoms with E-state index in [1.165, 1.54) is 5.38 Å². The van der Waals surface area contributed by atoms with Crippen LogP contribution in [0.15, 0.2) is 39.4 Å². The summed E-state index contributed by atoms with van der Waals surface area (Å²) < 4.78 is 72.8. The fraction of sp³-hybridized carbons (Fsp3) is 0.167. The second-order valence-corrected chi connectivity index (χ2v) is 13.4. The molecule has 0 saturated heterocycles. The lowest BCUT2D eigenvalue weighted by Crippen LogP contribution is -2.15. The van der Waals surface area contributed by atoms with Gasteiger partial charge in [-0.25, -0.2) is 30.2 Å². The molecule has 10 nitrogen and oxygen atoms in total. The first-order chi connectivity index (χ1) is 11.8. The lowest BCUT2D eigenvalue weighted by atomic mass is 10.3. The Hall–Kier alpha value is -2.03. The smallest absolute Gasteiger partial charge is 0.309 e. The zero-order chi connectivity index (χ0) is 19.8. The summed E-state index contributed by atoms with van der Waals surface area (Å²) in [5.41, 5.74) is 0.176. The topological polar surface area (TPSA) is 165 Å². The molecule has 1 aromatic heterocycles. The Balaban J connectivity index is 2.27. The Morgan fingerprint density at radius 1 is 1.08 bits per heavy atom. The minimum atomic E-state index is -4.61. The van der Waals surface area contributed by atoms with Gasteiger partial charge in [-0.1, -0.05) is 0 Å². The molecule has 0 atom stereocenters. The molecule has 1 aromatic carbocycles. The van der Waals surface area contributed by atoms with Gasteiger partial charge in [-0.05, 0) is 24.3 Å². The maximum Gasteiger partial charge on any atom is 0.309 e. The van der Waals surface area contributed by atoms with Gasteiger partial charge >= 0.3 is 5.97 Å². The molecule has 0 saturated carbocycles. The van der Waals surface area contributed by atoms with Crippen LogP contribution in [0.25, 0.3) is 0 Å². The highest BCUT2D eigenvalue weighted by atomic mass is 33.2. The number of nitrogens with zero attached hydrogens (tertiary/aromatic N) is 1. The number of hydrogen-bond acceptors (Lipinski definition) is 9. The highest BCUT2D eigenvalue weighted by molar-refractivity contribution is 8.66. The SMILES string of the molecule is CS(=O)(=O)S(=O)(=O)c1ccc(S(=O)(=O)Nc2nc(CC(=O)O)cs2)cc1. The zero-order valence-corrected chi connectivity index (χ0v) is 16.2. The molecule has 14 heteroatoms. The first-order valence-corrected chi connectivity index (χ1v) is 12.8.